The van der Waals surface area contributed by atoms with Gasteiger partial charge in [0, 0.05) is 11.6 Å². The summed E-state index contributed by atoms with van der Waals surface area (Å²) in [5.74, 6) is -4.07. The summed E-state index contributed by atoms with van der Waals surface area (Å²) in [6, 6.07) is 1.39. The number of rotatable bonds is 1. The Morgan fingerprint density at radius 3 is 2.50 bits per heavy atom. The highest BCUT2D eigenvalue weighted by Gasteiger charge is 2.33. The van der Waals surface area contributed by atoms with E-state index in [1.807, 2.05) is 5.32 Å². The van der Waals surface area contributed by atoms with E-state index in [4.69, 9.17) is 16.3 Å². The number of morpholine rings is 1. The number of benzene rings is 1. The molecule has 1 aliphatic heterocycles. The molecule has 2 atom stereocenters. The van der Waals surface area contributed by atoms with Gasteiger partial charge in [0.15, 0.2) is 11.6 Å². The molecule has 1 saturated heterocycles. The van der Waals surface area contributed by atoms with E-state index in [2.05, 4.69) is 0 Å². The van der Waals surface area contributed by atoms with Gasteiger partial charge in [0.1, 0.15) is 5.69 Å². The minimum absolute atomic E-state index is 0.144. The van der Waals surface area contributed by atoms with Gasteiger partial charge >= 0.3 is 11.8 Å². The summed E-state index contributed by atoms with van der Waals surface area (Å²) in [5.41, 5.74) is -0.697. The lowest BCUT2D eigenvalue weighted by Gasteiger charge is -2.37. The summed E-state index contributed by atoms with van der Waals surface area (Å²) < 4.78 is 32.6. The molecule has 22 heavy (non-hydrogen) atoms. The second kappa shape index (κ2) is 6.58. The van der Waals surface area contributed by atoms with Gasteiger partial charge in [0.25, 0.3) is 0 Å². The average molecular weight is 333 g/mol. The Morgan fingerprint density at radius 2 is 1.91 bits per heavy atom. The van der Waals surface area contributed by atoms with E-state index in [-0.39, 0.29) is 23.7 Å². The number of hydrogen-bond acceptors (Lipinski definition) is 3. The maximum Gasteiger partial charge on any atom is 0.314 e. The fraction of sp³-hybridized carbons (Fsp3) is 0.429. The number of amides is 2. The molecule has 120 valence electrons. The Morgan fingerprint density at radius 1 is 1.32 bits per heavy atom. The van der Waals surface area contributed by atoms with E-state index in [1.165, 1.54) is 4.90 Å². The molecule has 0 unspecified atom stereocenters. The highest BCUT2D eigenvalue weighted by atomic mass is 35.5. The van der Waals surface area contributed by atoms with Crippen molar-refractivity contribution in [2.75, 3.05) is 18.5 Å². The molecular formula is C14H15ClF2N2O3. The minimum atomic E-state index is -1.11. The number of halogens is 3. The van der Waals surface area contributed by atoms with Gasteiger partial charge in [0.2, 0.25) is 0 Å². The van der Waals surface area contributed by atoms with Crippen LogP contribution in [0.3, 0.4) is 0 Å². The molecule has 1 N–H and O–H groups in total. The maximum atomic E-state index is 13.6. The SMILES string of the molecule is C[C@H]1OCCN(C(=O)C(=O)Nc2c(F)cc(Cl)cc2F)[C@H]1C. The number of hydrogen-bond donors (Lipinski definition) is 1. The molecule has 1 aliphatic rings. The van der Waals surface area contributed by atoms with Crippen molar-refractivity contribution < 1.29 is 23.1 Å². The van der Waals surface area contributed by atoms with Crippen molar-refractivity contribution in [2.45, 2.75) is 26.0 Å². The fourth-order valence-corrected chi connectivity index (χ4v) is 2.37. The zero-order valence-electron chi connectivity index (χ0n) is 12.0. The molecule has 5 nitrogen and oxygen atoms in total. The fourth-order valence-electron chi connectivity index (χ4n) is 2.18. The molecule has 0 spiro atoms. The molecule has 1 aromatic carbocycles. The zero-order valence-corrected chi connectivity index (χ0v) is 12.8. The summed E-state index contributed by atoms with van der Waals surface area (Å²) in [6.07, 6.45) is -0.227. The predicted octanol–water partition coefficient (Wildman–Crippen LogP) is 2.19. The smallest absolute Gasteiger partial charge is 0.314 e. The van der Waals surface area contributed by atoms with E-state index in [9.17, 15) is 18.4 Å². The van der Waals surface area contributed by atoms with Crippen LogP contribution in [-0.4, -0.2) is 42.0 Å². The molecule has 0 bridgehead atoms. The predicted molar refractivity (Wildman–Crippen MR) is 76.6 cm³/mol. The second-order valence-corrected chi connectivity index (χ2v) is 5.45. The van der Waals surface area contributed by atoms with E-state index >= 15 is 0 Å². The number of carbonyl (C=O) groups excluding carboxylic acids is 2. The molecule has 0 radical (unpaired) electrons. The number of nitrogens with one attached hydrogen (secondary N) is 1. The highest BCUT2D eigenvalue weighted by molar-refractivity contribution is 6.39. The van der Waals surface area contributed by atoms with Crippen molar-refractivity contribution in [3.05, 3.63) is 28.8 Å². The third-order valence-electron chi connectivity index (χ3n) is 3.58. The van der Waals surface area contributed by atoms with E-state index < -0.39 is 29.1 Å². The quantitative estimate of drug-likeness (QED) is 0.802. The lowest BCUT2D eigenvalue weighted by molar-refractivity contribution is -0.152. The first-order valence-electron chi connectivity index (χ1n) is 6.69. The summed E-state index contributed by atoms with van der Waals surface area (Å²) >= 11 is 5.50. The van der Waals surface area contributed by atoms with Crippen LogP contribution >= 0.6 is 11.6 Å². The van der Waals surface area contributed by atoms with Crippen LogP contribution in [-0.2, 0) is 14.3 Å². The molecule has 2 amide bonds. The molecule has 2 rings (SSSR count). The van der Waals surface area contributed by atoms with Crippen molar-refractivity contribution in [3.8, 4) is 0 Å². The molecule has 1 aromatic rings. The summed E-state index contributed by atoms with van der Waals surface area (Å²) in [6.45, 7) is 4.05. The number of anilines is 1. The first-order chi connectivity index (χ1) is 10.3. The monoisotopic (exact) mass is 332 g/mol. The van der Waals surface area contributed by atoms with Crippen molar-refractivity contribution in [1.82, 2.24) is 4.90 Å². The third-order valence-corrected chi connectivity index (χ3v) is 3.80. The van der Waals surface area contributed by atoms with Crippen LogP contribution in [0, 0.1) is 11.6 Å². The third kappa shape index (κ3) is 3.36. The lowest BCUT2D eigenvalue weighted by atomic mass is 10.1. The van der Waals surface area contributed by atoms with Gasteiger partial charge in [-0.25, -0.2) is 8.78 Å². The van der Waals surface area contributed by atoms with Gasteiger partial charge < -0.3 is 15.0 Å². The Labute approximate surface area is 131 Å². The zero-order chi connectivity index (χ0) is 16.4. The van der Waals surface area contributed by atoms with Crippen LogP contribution in [0.25, 0.3) is 0 Å². The van der Waals surface area contributed by atoms with E-state index in [0.29, 0.717) is 6.61 Å². The van der Waals surface area contributed by atoms with Gasteiger partial charge in [0.05, 0.1) is 18.8 Å². The molecule has 0 saturated carbocycles. The summed E-state index contributed by atoms with van der Waals surface area (Å²) in [7, 11) is 0. The van der Waals surface area contributed by atoms with Gasteiger partial charge in [-0.05, 0) is 26.0 Å². The molecule has 0 aliphatic carbocycles. The Balaban J connectivity index is 2.14. The molecule has 1 fully saturated rings. The van der Waals surface area contributed by atoms with Crippen LogP contribution in [0.5, 0.6) is 0 Å². The van der Waals surface area contributed by atoms with Crippen LogP contribution in [0.2, 0.25) is 5.02 Å². The van der Waals surface area contributed by atoms with Gasteiger partial charge in [-0.3, -0.25) is 9.59 Å². The van der Waals surface area contributed by atoms with Crippen molar-refractivity contribution in [3.63, 3.8) is 0 Å². The summed E-state index contributed by atoms with van der Waals surface area (Å²) in [4.78, 5) is 25.4. The van der Waals surface area contributed by atoms with Crippen molar-refractivity contribution in [2.24, 2.45) is 0 Å². The lowest BCUT2D eigenvalue weighted by Crippen LogP contribution is -2.54. The summed E-state index contributed by atoms with van der Waals surface area (Å²) in [5, 5.41) is 1.81. The number of carbonyl (C=O) groups is 2. The topological polar surface area (TPSA) is 58.6 Å². The molecule has 0 aromatic heterocycles. The van der Waals surface area contributed by atoms with Gasteiger partial charge in [-0.1, -0.05) is 11.6 Å². The largest absolute Gasteiger partial charge is 0.375 e. The Kier molecular flexibility index (Phi) is 4.97. The average Bonchev–Trinajstić information content (AvgIpc) is 2.44. The highest BCUT2D eigenvalue weighted by Crippen LogP contribution is 2.23. The molecule has 1 heterocycles. The normalized spacial score (nSPS) is 21.6. The van der Waals surface area contributed by atoms with Crippen LogP contribution in [0.15, 0.2) is 12.1 Å². The van der Waals surface area contributed by atoms with Crippen LogP contribution in [0.4, 0.5) is 14.5 Å². The Bertz CT molecular complexity index is 589. The van der Waals surface area contributed by atoms with Crippen molar-refractivity contribution in [1.29, 1.82) is 0 Å². The first-order valence-corrected chi connectivity index (χ1v) is 7.07. The standard InChI is InChI=1S/C14H15ClF2N2O3/c1-7-8(2)22-4-3-19(7)14(21)13(20)18-12-10(16)5-9(15)6-11(12)17/h5-8H,3-4H2,1-2H3,(H,18,20)/t7-,8+/m0/s1. The van der Waals surface area contributed by atoms with Crippen LogP contribution in [0.1, 0.15) is 13.8 Å². The molecule has 8 heteroatoms. The Hall–Kier alpha value is -1.73. The molecular weight excluding hydrogens is 318 g/mol. The number of ether oxygens (including phenoxy) is 1. The van der Waals surface area contributed by atoms with E-state index in [0.717, 1.165) is 12.1 Å². The van der Waals surface area contributed by atoms with Gasteiger partial charge in [-0.2, -0.15) is 0 Å². The van der Waals surface area contributed by atoms with E-state index in [1.54, 1.807) is 13.8 Å². The minimum Gasteiger partial charge on any atom is -0.375 e. The van der Waals surface area contributed by atoms with Crippen LogP contribution < -0.4 is 5.32 Å². The van der Waals surface area contributed by atoms with Crippen molar-refractivity contribution >= 4 is 29.1 Å². The number of nitrogens with zero attached hydrogens (tertiary/aromatic N) is 1. The first kappa shape index (κ1) is 16.6. The maximum absolute atomic E-state index is 13.6. The second-order valence-electron chi connectivity index (χ2n) is 5.01. The van der Waals surface area contributed by atoms with Gasteiger partial charge in [-0.15, -0.1) is 0 Å².